The molecule has 1 aromatic rings. The maximum absolute atomic E-state index is 13.1. The summed E-state index contributed by atoms with van der Waals surface area (Å²) in [5, 5.41) is 0. The molecule has 0 aliphatic heterocycles. The Morgan fingerprint density at radius 2 is 2.11 bits per heavy atom. The van der Waals surface area contributed by atoms with Crippen LogP contribution in [0.3, 0.4) is 0 Å². The Bertz CT molecular complexity index is 409. The average molecular weight is 318 g/mol. The third-order valence-electron chi connectivity index (χ3n) is 3.58. The number of hydrogen-bond acceptors (Lipinski definition) is 1. The van der Waals surface area contributed by atoms with Crippen LogP contribution in [0.15, 0.2) is 28.7 Å². The van der Waals surface area contributed by atoms with Gasteiger partial charge in [-0.25, -0.2) is 8.78 Å². The van der Waals surface area contributed by atoms with E-state index >= 15 is 0 Å². The minimum absolute atomic E-state index is 0.0106. The van der Waals surface area contributed by atoms with Gasteiger partial charge in [0.2, 0.25) is 5.92 Å². The fraction of sp³-hybridized carbons (Fsp3) is 0.571. The van der Waals surface area contributed by atoms with Crippen molar-refractivity contribution in [3.8, 4) is 0 Å². The van der Waals surface area contributed by atoms with Gasteiger partial charge in [0.05, 0.1) is 0 Å². The van der Waals surface area contributed by atoms with Crippen LogP contribution in [0.4, 0.5) is 8.78 Å². The molecule has 100 valence electrons. The molecule has 2 rings (SSSR count). The van der Waals surface area contributed by atoms with E-state index in [9.17, 15) is 8.78 Å². The summed E-state index contributed by atoms with van der Waals surface area (Å²) in [4.78, 5) is 0. The molecule has 0 radical (unpaired) electrons. The lowest BCUT2D eigenvalue weighted by molar-refractivity contribution is 0.00449. The number of hydrogen-bond donors (Lipinski definition) is 1. The molecule has 0 heterocycles. The summed E-state index contributed by atoms with van der Waals surface area (Å²) in [7, 11) is 0. The molecule has 1 aliphatic rings. The zero-order chi connectivity index (χ0) is 13.2. The van der Waals surface area contributed by atoms with Crippen molar-refractivity contribution in [2.24, 2.45) is 11.7 Å². The Labute approximate surface area is 115 Å². The van der Waals surface area contributed by atoms with E-state index in [-0.39, 0.29) is 24.8 Å². The van der Waals surface area contributed by atoms with E-state index < -0.39 is 5.92 Å². The summed E-state index contributed by atoms with van der Waals surface area (Å²) in [6.07, 6.45) is 2.08. The first-order chi connectivity index (χ1) is 8.46. The van der Waals surface area contributed by atoms with Crippen molar-refractivity contribution >= 4 is 15.9 Å². The van der Waals surface area contributed by atoms with E-state index in [1.165, 1.54) is 0 Å². The molecular formula is C14H18BrF2N. The average Bonchev–Trinajstić information content (AvgIpc) is 2.61. The molecule has 0 bridgehead atoms. The maximum Gasteiger partial charge on any atom is 0.248 e. The molecule has 2 atom stereocenters. The number of halogens is 3. The van der Waals surface area contributed by atoms with Gasteiger partial charge in [-0.2, -0.15) is 0 Å². The fourth-order valence-corrected chi connectivity index (χ4v) is 3.15. The molecule has 1 saturated carbocycles. The van der Waals surface area contributed by atoms with Crippen molar-refractivity contribution in [2.75, 3.05) is 0 Å². The van der Waals surface area contributed by atoms with Crippen LogP contribution in [0.5, 0.6) is 0 Å². The Morgan fingerprint density at radius 3 is 2.72 bits per heavy atom. The normalized spacial score (nSPS) is 24.1. The van der Waals surface area contributed by atoms with Gasteiger partial charge >= 0.3 is 0 Å². The third-order valence-corrected chi connectivity index (χ3v) is 4.36. The highest BCUT2D eigenvalue weighted by atomic mass is 79.9. The molecule has 1 fully saturated rings. The lowest BCUT2D eigenvalue weighted by atomic mass is 9.94. The number of rotatable bonds is 4. The van der Waals surface area contributed by atoms with Crippen LogP contribution >= 0.6 is 15.9 Å². The number of alkyl halides is 2. The summed E-state index contributed by atoms with van der Waals surface area (Å²) >= 11 is 3.48. The van der Waals surface area contributed by atoms with Crippen molar-refractivity contribution in [3.63, 3.8) is 0 Å². The minimum atomic E-state index is -2.46. The molecule has 1 nitrogen and oxygen atoms in total. The summed E-state index contributed by atoms with van der Waals surface area (Å²) in [5.41, 5.74) is 7.23. The van der Waals surface area contributed by atoms with Crippen LogP contribution in [-0.4, -0.2) is 12.0 Å². The SMILES string of the molecule is NC(Cc1ccccc1Br)CC1CCC(F)(F)C1. The zero-order valence-electron chi connectivity index (χ0n) is 10.2. The van der Waals surface area contributed by atoms with Gasteiger partial charge in [0.15, 0.2) is 0 Å². The lowest BCUT2D eigenvalue weighted by Crippen LogP contribution is -2.26. The van der Waals surface area contributed by atoms with Gasteiger partial charge in [-0.1, -0.05) is 34.1 Å². The first-order valence-corrected chi connectivity index (χ1v) is 7.12. The predicted molar refractivity (Wildman–Crippen MR) is 72.7 cm³/mol. The van der Waals surface area contributed by atoms with Crippen LogP contribution < -0.4 is 5.73 Å². The minimum Gasteiger partial charge on any atom is -0.327 e. The van der Waals surface area contributed by atoms with Gasteiger partial charge < -0.3 is 5.73 Å². The van der Waals surface area contributed by atoms with E-state index in [4.69, 9.17) is 5.73 Å². The second-order valence-corrected chi connectivity index (χ2v) is 6.11. The molecule has 0 saturated heterocycles. The van der Waals surface area contributed by atoms with Crippen molar-refractivity contribution in [1.29, 1.82) is 0 Å². The summed E-state index contributed by atoms with van der Waals surface area (Å²) in [6.45, 7) is 0. The van der Waals surface area contributed by atoms with Gasteiger partial charge in [0.25, 0.3) is 0 Å². The molecule has 1 aromatic carbocycles. The Morgan fingerprint density at radius 1 is 1.39 bits per heavy atom. The molecule has 18 heavy (non-hydrogen) atoms. The Kier molecular flexibility index (Phi) is 4.38. The molecule has 1 aliphatic carbocycles. The van der Waals surface area contributed by atoms with Gasteiger partial charge in [0, 0.05) is 23.4 Å². The number of benzene rings is 1. The fourth-order valence-electron chi connectivity index (χ4n) is 2.70. The zero-order valence-corrected chi connectivity index (χ0v) is 11.8. The molecule has 4 heteroatoms. The van der Waals surface area contributed by atoms with Crippen molar-refractivity contribution in [2.45, 2.75) is 44.1 Å². The van der Waals surface area contributed by atoms with E-state index in [2.05, 4.69) is 15.9 Å². The Hall–Kier alpha value is -0.480. The molecule has 0 aromatic heterocycles. The first kappa shape index (κ1) is 13.9. The highest BCUT2D eigenvalue weighted by Crippen LogP contribution is 2.40. The van der Waals surface area contributed by atoms with Crippen LogP contribution in [0.2, 0.25) is 0 Å². The highest BCUT2D eigenvalue weighted by molar-refractivity contribution is 9.10. The standard InChI is InChI=1S/C14H18BrF2N/c15-13-4-2-1-3-11(13)8-12(18)7-10-5-6-14(16,17)9-10/h1-4,10,12H,5-9,18H2. The van der Waals surface area contributed by atoms with Gasteiger partial charge in [-0.15, -0.1) is 0 Å². The largest absolute Gasteiger partial charge is 0.327 e. The molecule has 2 unspecified atom stereocenters. The van der Waals surface area contributed by atoms with Crippen LogP contribution in [0.25, 0.3) is 0 Å². The van der Waals surface area contributed by atoms with Gasteiger partial charge in [-0.05, 0) is 36.8 Å². The highest BCUT2D eigenvalue weighted by Gasteiger charge is 2.39. The summed E-state index contributed by atoms with van der Waals surface area (Å²) in [5.74, 6) is -2.38. The van der Waals surface area contributed by atoms with Crippen LogP contribution in [0, 0.1) is 5.92 Å². The number of nitrogens with two attached hydrogens (primary N) is 1. The van der Waals surface area contributed by atoms with E-state index in [1.807, 2.05) is 24.3 Å². The quantitative estimate of drug-likeness (QED) is 0.887. The Balaban J connectivity index is 1.86. The van der Waals surface area contributed by atoms with E-state index in [0.717, 1.165) is 16.5 Å². The summed E-state index contributed by atoms with van der Waals surface area (Å²) in [6, 6.07) is 7.88. The molecular weight excluding hydrogens is 300 g/mol. The third kappa shape index (κ3) is 3.75. The molecule has 0 amide bonds. The second-order valence-electron chi connectivity index (χ2n) is 5.26. The lowest BCUT2D eigenvalue weighted by Gasteiger charge is -2.17. The van der Waals surface area contributed by atoms with Gasteiger partial charge in [0.1, 0.15) is 0 Å². The van der Waals surface area contributed by atoms with Crippen LogP contribution in [0.1, 0.15) is 31.2 Å². The van der Waals surface area contributed by atoms with E-state index in [1.54, 1.807) is 0 Å². The smallest absolute Gasteiger partial charge is 0.248 e. The molecule has 0 spiro atoms. The summed E-state index contributed by atoms with van der Waals surface area (Å²) < 4.78 is 27.2. The van der Waals surface area contributed by atoms with Crippen molar-refractivity contribution in [3.05, 3.63) is 34.3 Å². The predicted octanol–water partition coefficient (Wildman–Crippen LogP) is 4.14. The second kappa shape index (κ2) is 5.66. The topological polar surface area (TPSA) is 26.0 Å². The first-order valence-electron chi connectivity index (χ1n) is 6.33. The monoisotopic (exact) mass is 317 g/mol. The maximum atomic E-state index is 13.1. The van der Waals surface area contributed by atoms with E-state index in [0.29, 0.717) is 12.8 Å². The molecule has 2 N–H and O–H groups in total. The van der Waals surface area contributed by atoms with Crippen LogP contribution in [-0.2, 0) is 6.42 Å². The van der Waals surface area contributed by atoms with Gasteiger partial charge in [-0.3, -0.25) is 0 Å². The van der Waals surface area contributed by atoms with Crippen molar-refractivity contribution < 1.29 is 8.78 Å². The van der Waals surface area contributed by atoms with Crippen molar-refractivity contribution in [1.82, 2.24) is 0 Å².